The van der Waals surface area contributed by atoms with Crippen molar-refractivity contribution in [3.8, 4) is 5.75 Å². The standard InChI is InChI=1S/C23H23ClF3N3O3S2/c1-14(18-10-15(23(26)27)2-4-20(18)25)30-8-6-16(7-9-30)33-21-5-3-17(11-19(21)24)35(31,32)29-22-12-34-13-28-22/h2-5,10-14,16,23,29H,6-9H2,1H3/t14-/m1/s1. The van der Waals surface area contributed by atoms with Crippen LogP contribution in [-0.4, -0.2) is 37.5 Å². The number of nitrogens with one attached hydrogen (secondary N) is 1. The summed E-state index contributed by atoms with van der Waals surface area (Å²) >= 11 is 7.58. The molecule has 0 amide bonds. The van der Waals surface area contributed by atoms with Gasteiger partial charge < -0.3 is 4.74 Å². The Kier molecular flexibility index (Phi) is 7.89. The van der Waals surface area contributed by atoms with E-state index >= 15 is 0 Å². The highest BCUT2D eigenvalue weighted by Gasteiger charge is 2.27. The molecular formula is C23H23ClF3N3O3S2. The molecule has 1 aromatic heterocycles. The highest BCUT2D eigenvalue weighted by molar-refractivity contribution is 7.92. The summed E-state index contributed by atoms with van der Waals surface area (Å²) in [7, 11) is -3.84. The minimum Gasteiger partial charge on any atom is -0.489 e. The summed E-state index contributed by atoms with van der Waals surface area (Å²) in [6.07, 6.45) is -1.61. The summed E-state index contributed by atoms with van der Waals surface area (Å²) in [6, 6.07) is 7.29. The first-order chi connectivity index (χ1) is 16.6. The van der Waals surface area contributed by atoms with Crippen molar-refractivity contribution >= 4 is 38.8 Å². The van der Waals surface area contributed by atoms with Gasteiger partial charge in [0.05, 0.1) is 15.4 Å². The Bertz CT molecular complexity index is 1270. The summed E-state index contributed by atoms with van der Waals surface area (Å²) in [5, 5.41) is 1.74. The Morgan fingerprint density at radius 1 is 1.20 bits per heavy atom. The molecule has 1 aliphatic rings. The lowest BCUT2D eigenvalue weighted by atomic mass is 9.99. The SMILES string of the molecule is C[C@H](c1cc(C(F)F)ccc1F)N1CCC(Oc2ccc(S(=O)(=O)Nc3cscn3)cc2Cl)CC1. The van der Waals surface area contributed by atoms with Crippen molar-refractivity contribution < 1.29 is 26.3 Å². The number of hydrogen-bond donors (Lipinski definition) is 1. The Morgan fingerprint density at radius 2 is 1.94 bits per heavy atom. The third-order valence-corrected chi connectivity index (χ3v) is 8.16. The lowest BCUT2D eigenvalue weighted by molar-refractivity contribution is 0.0787. The fraction of sp³-hybridized carbons (Fsp3) is 0.348. The smallest absolute Gasteiger partial charge is 0.263 e. The van der Waals surface area contributed by atoms with Crippen LogP contribution >= 0.6 is 22.9 Å². The van der Waals surface area contributed by atoms with Crippen LogP contribution in [0.1, 0.15) is 43.4 Å². The Morgan fingerprint density at radius 3 is 2.57 bits per heavy atom. The number of alkyl halides is 2. The number of ether oxygens (including phenoxy) is 1. The van der Waals surface area contributed by atoms with Gasteiger partial charge in [0, 0.05) is 35.6 Å². The van der Waals surface area contributed by atoms with Gasteiger partial charge in [-0.1, -0.05) is 17.7 Å². The van der Waals surface area contributed by atoms with E-state index in [2.05, 4.69) is 9.71 Å². The summed E-state index contributed by atoms with van der Waals surface area (Å²) in [5.41, 5.74) is 1.56. The summed E-state index contributed by atoms with van der Waals surface area (Å²) < 4.78 is 73.9. The van der Waals surface area contributed by atoms with Gasteiger partial charge in [0.25, 0.3) is 16.4 Å². The molecule has 6 nitrogen and oxygen atoms in total. The van der Waals surface area contributed by atoms with Crippen molar-refractivity contribution in [1.82, 2.24) is 9.88 Å². The van der Waals surface area contributed by atoms with Crippen molar-refractivity contribution in [2.45, 2.75) is 43.2 Å². The van der Waals surface area contributed by atoms with Gasteiger partial charge in [-0.15, -0.1) is 11.3 Å². The van der Waals surface area contributed by atoms with Crippen molar-refractivity contribution in [2.24, 2.45) is 0 Å². The average Bonchev–Trinajstić information content (AvgIpc) is 3.33. The van der Waals surface area contributed by atoms with Gasteiger partial charge in [-0.25, -0.2) is 26.6 Å². The van der Waals surface area contributed by atoms with Crippen LogP contribution in [0, 0.1) is 5.82 Å². The Hall–Kier alpha value is -2.34. The fourth-order valence-corrected chi connectivity index (χ4v) is 5.85. The molecule has 1 aliphatic heterocycles. The third kappa shape index (κ3) is 6.08. The molecule has 0 unspecified atom stereocenters. The molecule has 12 heteroatoms. The van der Waals surface area contributed by atoms with Crippen LogP contribution in [0.5, 0.6) is 5.75 Å². The number of piperidine rings is 1. The largest absolute Gasteiger partial charge is 0.489 e. The Balaban J connectivity index is 1.37. The molecule has 1 N–H and O–H groups in total. The summed E-state index contributed by atoms with van der Waals surface area (Å²) in [5.74, 6) is 0.0843. The molecule has 0 bridgehead atoms. The molecule has 35 heavy (non-hydrogen) atoms. The zero-order valence-electron chi connectivity index (χ0n) is 18.6. The summed E-state index contributed by atoms with van der Waals surface area (Å²) in [6.45, 7) is 2.95. The van der Waals surface area contributed by atoms with Crippen LogP contribution in [0.15, 0.2) is 52.2 Å². The lowest BCUT2D eigenvalue weighted by Crippen LogP contribution is -2.39. The average molecular weight is 546 g/mol. The zero-order valence-corrected chi connectivity index (χ0v) is 21.0. The van der Waals surface area contributed by atoms with E-state index in [9.17, 15) is 21.6 Å². The molecule has 3 aromatic rings. The fourth-order valence-electron chi connectivity index (χ4n) is 3.98. The highest BCUT2D eigenvalue weighted by atomic mass is 35.5. The zero-order chi connectivity index (χ0) is 25.2. The second-order valence-electron chi connectivity index (χ2n) is 8.18. The van der Waals surface area contributed by atoms with E-state index in [4.69, 9.17) is 16.3 Å². The monoisotopic (exact) mass is 545 g/mol. The molecule has 0 saturated carbocycles. The van der Waals surface area contributed by atoms with Crippen LogP contribution < -0.4 is 9.46 Å². The normalized spacial score (nSPS) is 16.4. The van der Waals surface area contributed by atoms with Crippen molar-refractivity contribution in [1.29, 1.82) is 0 Å². The van der Waals surface area contributed by atoms with Gasteiger partial charge in [0.2, 0.25) is 0 Å². The van der Waals surface area contributed by atoms with Crippen LogP contribution in [-0.2, 0) is 10.0 Å². The number of aromatic nitrogens is 1. The molecule has 0 aliphatic carbocycles. The van der Waals surface area contributed by atoms with Gasteiger partial charge in [-0.05, 0) is 50.1 Å². The van der Waals surface area contributed by atoms with Gasteiger partial charge >= 0.3 is 0 Å². The minimum absolute atomic E-state index is 0.0143. The first kappa shape index (κ1) is 25.7. The van der Waals surface area contributed by atoms with Crippen molar-refractivity contribution in [3.05, 3.63) is 69.3 Å². The van der Waals surface area contributed by atoms with E-state index in [1.165, 1.54) is 41.1 Å². The predicted molar refractivity (Wildman–Crippen MR) is 129 cm³/mol. The summed E-state index contributed by atoms with van der Waals surface area (Å²) in [4.78, 5) is 5.92. The van der Waals surface area contributed by atoms with Crippen LogP contribution in [0.25, 0.3) is 0 Å². The lowest BCUT2D eigenvalue weighted by Gasteiger charge is -2.36. The maximum atomic E-state index is 14.3. The second kappa shape index (κ2) is 10.7. The number of thiazole rings is 1. The molecule has 1 fully saturated rings. The number of hydrogen-bond acceptors (Lipinski definition) is 6. The molecule has 0 spiro atoms. The molecule has 0 radical (unpaired) electrons. The molecular weight excluding hydrogens is 523 g/mol. The van der Waals surface area contributed by atoms with Crippen LogP contribution in [0.4, 0.5) is 19.0 Å². The maximum absolute atomic E-state index is 14.3. The number of benzene rings is 2. The molecule has 4 rings (SSSR count). The first-order valence-electron chi connectivity index (χ1n) is 10.8. The van der Waals surface area contributed by atoms with Crippen molar-refractivity contribution in [3.63, 3.8) is 0 Å². The predicted octanol–water partition coefficient (Wildman–Crippen LogP) is 6.28. The van der Waals surface area contributed by atoms with Gasteiger partial charge in [0.15, 0.2) is 5.82 Å². The first-order valence-corrected chi connectivity index (χ1v) is 13.6. The minimum atomic E-state index is -3.84. The topological polar surface area (TPSA) is 71.5 Å². The van der Waals surface area contributed by atoms with E-state index in [-0.39, 0.29) is 39.0 Å². The second-order valence-corrected chi connectivity index (χ2v) is 11.0. The third-order valence-electron chi connectivity index (χ3n) is 5.92. The number of rotatable bonds is 8. The number of sulfonamides is 1. The Labute approximate surface area is 210 Å². The maximum Gasteiger partial charge on any atom is 0.263 e. The number of halogens is 4. The van der Waals surface area contributed by atoms with E-state index in [1.54, 1.807) is 12.3 Å². The number of nitrogens with zero attached hydrogens (tertiary/aromatic N) is 2. The van der Waals surface area contributed by atoms with Gasteiger partial charge in [-0.3, -0.25) is 9.62 Å². The van der Waals surface area contributed by atoms with Gasteiger partial charge in [-0.2, -0.15) is 0 Å². The molecule has 188 valence electrons. The van der Waals surface area contributed by atoms with Gasteiger partial charge in [0.1, 0.15) is 17.7 Å². The van der Waals surface area contributed by atoms with Crippen LogP contribution in [0.2, 0.25) is 5.02 Å². The molecule has 2 heterocycles. The number of likely N-dealkylation sites (tertiary alicyclic amines) is 1. The highest BCUT2D eigenvalue weighted by Crippen LogP contribution is 2.33. The van der Waals surface area contributed by atoms with Crippen molar-refractivity contribution in [2.75, 3.05) is 17.8 Å². The molecule has 1 atom stereocenters. The molecule has 2 aromatic carbocycles. The number of anilines is 1. The van der Waals surface area contributed by atoms with Crippen LogP contribution in [0.3, 0.4) is 0 Å². The van der Waals surface area contributed by atoms with E-state index in [1.807, 2.05) is 4.90 Å². The quantitative estimate of drug-likeness (QED) is 0.361. The van der Waals surface area contributed by atoms with E-state index in [0.717, 1.165) is 12.1 Å². The van der Waals surface area contributed by atoms with E-state index < -0.39 is 22.3 Å². The molecule has 1 saturated heterocycles. The van der Waals surface area contributed by atoms with E-state index in [0.29, 0.717) is 31.7 Å².